The molecule has 0 bridgehead atoms. The van der Waals surface area contributed by atoms with Crippen LogP contribution in [0.25, 0.3) is 0 Å². The number of hydrazine groups is 1. The van der Waals surface area contributed by atoms with Crippen molar-refractivity contribution in [2.75, 3.05) is 25.6 Å². The Morgan fingerprint density at radius 1 is 1.29 bits per heavy atom. The lowest BCUT2D eigenvalue weighted by atomic mass is 10.0. The monoisotopic (exact) mass is 466 g/mol. The van der Waals surface area contributed by atoms with Gasteiger partial charge in [-0.2, -0.15) is 5.26 Å². The third-order valence-electron chi connectivity index (χ3n) is 6.65. The molecule has 0 spiro atoms. The van der Waals surface area contributed by atoms with Crippen LogP contribution in [0, 0.1) is 17.2 Å². The van der Waals surface area contributed by atoms with Crippen molar-refractivity contribution in [3.63, 3.8) is 0 Å². The first-order valence-corrected chi connectivity index (χ1v) is 11.6. The van der Waals surface area contributed by atoms with Crippen LogP contribution in [0.5, 0.6) is 0 Å². The quantitative estimate of drug-likeness (QED) is 0.587. The summed E-state index contributed by atoms with van der Waals surface area (Å²) in [5.74, 6) is 0.266. The minimum Gasteiger partial charge on any atom is -0.453 e. The van der Waals surface area contributed by atoms with Gasteiger partial charge < -0.3 is 15.0 Å². The molecule has 2 aliphatic heterocycles. The van der Waals surface area contributed by atoms with Gasteiger partial charge in [0, 0.05) is 13.0 Å². The Morgan fingerprint density at radius 3 is 2.76 bits per heavy atom. The molecule has 1 aliphatic carbocycles. The molecule has 2 heterocycles. The summed E-state index contributed by atoms with van der Waals surface area (Å²) in [6.07, 6.45) is 6.25. The number of hydrogen-bond donors (Lipinski definition) is 3. The second-order valence-electron chi connectivity index (χ2n) is 9.05. The third kappa shape index (κ3) is 4.99. The van der Waals surface area contributed by atoms with E-state index in [1.165, 1.54) is 20.0 Å². The number of rotatable bonds is 6. The minimum atomic E-state index is -0.649. The van der Waals surface area contributed by atoms with Crippen LogP contribution in [0.1, 0.15) is 56.2 Å². The van der Waals surface area contributed by atoms with E-state index < -0.39 is 12.1 Å². The van der Waals surface area contributed by atoms with Crippen LogP contribution in [0.2, 0.25) is 0 Å². The summed E-state index contributed by atoms with van der Waals surface area (Å²) in [5, 5.41) is 16.6. The van der Waals surface area contributed by atoms with Crippen LogP contribution in [-0.2, 0) is 14.3 Å². The average Bonchev–Trinajstić information content (AvgIpc) is 3.51. The van der Waals surface area contributed by atoms with Crippen molar-refractivity contribution >= 4 is 23.6 Å². The van der Waals surface area contributed by atoms with Crippen LogP contribution in [0.15, 0.2) is 30.0 Å². The van der Waals surface area contributed by atoms with Crippen LogP contribution in [-0.4, -0.2) is 54.2 Å². The lowest BCUT2D eigenvalue weighted by Gasteiger charge is -2.39. The fourth-order valence-electron chi connectivity index (χ4n) is 4.87. The van der Waals surface area contributed by atoms with Gasteiger partial charge in [-0.1, -0.05) is 18.9 Å². The molecule has 2 atom stereocenters. The fraction of sp³-hybridized carbons (Fsp3) is 0.500. The summed E-state index contributed by atoms with van der Waals surface area (Å²) in [7, 11) is 1.26. The number of carbonyl (C=O) groups is 3. The number of ether oxygens (including phenoxy) is 1. The van der Waals surface area contributed by atoms with Gasteiger partial charge in [0.1, 0.15) is 5.70 Å². The molecule has 10 nitrogen and oxygen atoms in total. The second kappa shape index (κ2) is 10.1. The van der Waals surface area contributed by atoms with E-state index in [0.717, 1.165) is 12.8 Å². The summed E-state index contributed by atoms with van der Waals surface area (Å²) in [5.41, 5.74) is 5.33. The maximum Gasteiger partial charge on any atom is 0.411 e. The number of nitrogens with one attached hydrogen (secondary N) is 3. The molecule has 4 rings (SSSR count). The summed E-state index contributed by atoms with van der Waals surface area (Å²) in [6, 6.07) is 6.61. The molecular weight excluding hydrogens is 436 g/mol. The first kappa shape index (κ1) is 23.6. The highest BCUT2D eigenvalue weighted by Gasteiger charge is 2.39. The third-order valence-corrected chi connectivity index (χ3v) is 6.65. The highest BCUT2D eigenvalue weighted by atomic mass is 16.5. The molecule has 1 aromatic carbocycles. The number of carbonyl (C=O) groups excluding carboxylic acids is 3. The summed E-state index contributed by atoms with van der Waals surface area (Å²) in [4.78, 5) is 39.0. The lowest BCUT2D eigenvalue weighted by Crippen LogP contribution is -2.57. The minimum absolute atomic E-state index is 0.0118. The van der Waals surface area contributed by atoms with E-state index in [1.807, 2.05) is 11.9 Å². The molecule has 3 N–H and O–H groups in total. The predicted octanol–water partition coefficient (Wildman–Crippen LogP) is 2.37. The molecule has 1 saturated heterocycles. The van der Waals surface area contributed by atoms with Crippen molar-refractivity contribution in [2.24, 2.45) is 5.92 Å². The van der Waals surface area contributed by atoms with Crippen LogP contribution in [0.3, 0.4) is 0 Å². The molecule has 2 fully saturated rings. The van der Waals surface area contributed by atoms with Gasteiger partial charge >= 0.3 is 6.09 Å². The van der Waals surface area contributed by atoms with Crippen LogP contribution in [0.4, 0.5) is 10.5 Å². The number of fused-ring (bicyclic) bond motifs is 1. The number of hydrogen-bond acceptors (Lipinski definition) is 7. The molecule has 1 saturated carbocycles. The first-order valence-electron chi connectivity index (χ1n) is 11.6. The zero-order chi connectivity index (χ0) is 24.2. The van der Waals surface area contributed by atoms with E-state index in [0.29, 0.717) is 41.4 Å². The summed E-state index contributed by atoms with van der Waals surface area (Å²) in [6.45, 7) is 2.63. The lowest BCUT2D eigenvalue weighted by molar-refractivity contribution is -0.135. The number of nitriles is 1. The number of nitrogens with zero attached hydrogens (tertiary/aromatic N) is 3. The van der Waals surface area contributed by atoms with Crippen molar-refractivity contribution in [1.82, 2.24) is 20.7 Å². The molecule has 2 unspecified atom stereocenters. The number of benzene rings is 1. The molecule has 3 amide bonds. The van der Waals surface area contributed by atoms with Gasteiger partial charge in [-0.3, -0.25) is 19.9 Å². The molecule has 0 radical (unpaired) electrons. The Labute approximate surface area is 198 Å². The van der Waals surface area contributed by atoms with E-state index in [-0.39, 0.29) is 24.5 Å². The zero-order valence-electron chi connectivity index (χ0n) is 19.5. The van der Waals surface area contributed by atoms with Gasteiger partial charge in [-0.25, -0.2) is 10.2 Å². The number of methoxy groups -OCH3 is 1. The van der Waals surface area contributed by atoms with E-state index >= 15 is 0 Å². The topological polar surface area (TPSA) is 127 Å². The largest absolute Gasteiger partial charge is 0.453 e. The molecule has 0 aromatic heterocycles. The predicted molar refractivity (Wildman–Crippen MR) is 124 cm³/mol. The molecule has 180 valence electrons. The molecular formula is C24H30N6O4. The Kier molecular flexibility index (Phi) is 7.03. The smallest absolute Gasteiger partial charge is 0.411 e. The number of amides is 3. The second-order valence-corrected chi connectivity index (χ2v) is 9.05. The van der Waals surface area contributed by atoms with E-state index in [1.54, 1.807) is 29.2 Å². The van der Waals surface area contributed by atoms with Gasteiger partial charge in [0.25, 0.3) is 5.91 Å². The van der Waals surface area contributed by atoms with Crippen LogP contribution < -0.4 is 16.1 Å². The van der Waals surface area contributed by atoms with Gasteiger partial charge in [-0.15, -0.1) is 0 Å². The normalized spacial score (nSPS) is 22.1. The van der Waals surface area contributed by atoms with E-state index in [4.69, 9.17) is 4.74 Å². The molecule has 34 heavy (non-hydrogen) atoms. The standard InChI is InChI=1S/C24H30N6O4/c1-15-13-29(14-26-22(31)10-16-5-3-4-6-16)23(32)21-11-20(28-30(15)21)18-8-7-17(12-25)9-19(18)27-24(33)34-2/h7-9,11,15-16,20,28H,3-6,10,13-14H2,1-2H3,(H,26,31)(H,27,33). The van der Waals surface area contributed by atoms with Gasteiger partial charge in [0.15, 0.2) is 0 Å². The molecule has 10 heteroatoms. The maximum atomic E-state index is 13.2. The Bertz CT molecular complexity index is 1040. The van der Waals surface area contributed by atoms with Crippen LogP contribution >= 0.6 is 0 Å². The van der Waals surface area contributed by atoms with Crippen molar-refractivity contribution in [3.05, 3.63) is 41.1 Å². The fourth-order valence-corrected chi connectivity index (χ4v) is 4.87. The highest BCUT2D eigenvalue weighted by Crippen LogP contribution is 2.34. The van der Waals surface area contributed by atoms with Crippen molar-refractivity contribution in [3.8, 4) is 6.07 Å². The average molecular weight is 467 g/mol. The first-order chi connectivity index (χ1) is 16.4. The van der Waals surface area contributed by atoms with E-state index in [2.05, 4.69) is 22.1 Å². The maximum absolute atomic E-state index is 13.2. The highest BCUT2D eigenvalue weighted by molar-refractivity contribution is 5.95. The van der Waals surface area contributed by atoms with Gasteiger partial charge in [0.05, 0.1) is 43.2 Å². The number of anilines is 1. The number of piperazine rings is 1. The summed E-state index contributed by atoms with van der Waals surface area (Å²) < 4.78 is 4.70. The van der Waals surface area contributed by atoms with Gasteiger partial charge in [-0.05, 0) is 49.5 Å². The van der Waals surface area contributed by atoms with E-state index in [9.17, 15) is 19.6 Å². The van der Waals surface area contributed by atoms with Crippen molar-refractivity contribution in [1.29, 1.82) is 5.26 Å². The van der Waals surface area contributed by atoms with Crippen molar-refractivity contribution < 1.29 is 19.1 Å². The summed E-state index contributed by atoms with van der Waals surface area (Å²) >= 11 is 0. The SMILES string of the molecule is COC(=O)Nc1cc(C#N)ccc1C1C=C2C(=O)N(CNC(=O)CC3CCCC3)CC(C)N2N1. The molecule has 3 aliphatic rings. The van der Waals surface area contributed by atoms with Crippen molar-refractivity contribution in [2.45, 2.75) is 51.1 Å². The Balaban J connectivity index is 1.47. The molecule has 1 aromatic rings. The van der Waals surface area contributed by atoms with Gasteiger partial charge in [0.2, 0.25) is 5.91 Å². The Hall–Kier alpha value is -3.58. The Morgan fingerprint density at radius 2 is 2.06 bits per heavy atom. The zero-order valence-corrected chi connectivity index (χ0v) is 19.5.